The minimum atomic E-state index is 0.449. The first-order chi connectivity index (χ1) is 8.16. The number of aryl methyl sites for hydroxylation is 1. The number of nitrogens with one attached hydrogen (secondary N) is 1. The zero-order chi connectivity index (χ0) is 12.3. The van der Waals surface area contributed by atoms with Crippen LogP contribution in [0.5, 0.6) is 0 Å². The Morgan fingerprint density at radius 2 is 2.06 bits per heavy atom. The van der Waals surface area contributed by atoms with E-state index in [1.807, 2.05) is 0 Å². The predicted molar refractivity (Wildman–Crippen MR) is 66.9 cm³/mol. The van der Waals surface area contributed by atoms with Crippen molar-refractivity contribution >= 4 is 0 Å². The summed E-state index contributed by atoms with van der Waals surface area (Å²) in [7, 11) is 0. The molecule has 0 saturated heterocycles. The first kappa shape index (κ1) is 12.6. The molecule has 1 N–H and O–H groups in total. The highest BCUT2D eigenvalue weighted by molar-refractivity contribution is 4.97. The van der Waals surface area contributed by atoms with E-state index in [9.17, 15) is 0 Å². The molecule has 1 atom stereocenters. The van der Waals surface area contributed by atoms with Crippen LogP contribution in [0.2, 0.25) is 0 Å². The van der Waals surface area contributed by atoms with Gasteiger partial charge in [0.15, 0.2) is 0 Å². The number of rotatable bonds is 7. The van der Waals surface area contributed by atoms with Crippen LogP contribution in [0.3, 0.4) is 0 Å². The summed E-state index contributed by atoms with van der Waals surface area (Å²) in [5.74, 6) is 2.85. The Bertz CT molecular complexity index is 344. The van der Waals surface area contributed by atoms with Crippen molar-refractivity contribution in [3.05, 3.63) is 11.8 Å². The average Bonchev–Trinajstić information content (AvgIpc) is 3.03. The summed E-state index contributed by atoms with van der Waals surface area (Å²) in [4.78, 5) is 0. The summed E-state index contributed by atoms with van der Waals surface area (Å²) in [6, 6.07) is 0.545. The molecule has 2 rings (SSSR count). The third-order valence-electron chi connectivity index (χ3n) is 3.32. The minimum Gasteiger partial charge on any atom is -0.425 e. The number of aromatic nitrogens is 2. The lowest BCUT2D eigenvalue weighted by molar-refractivity contribution is 0.402. The molecule has 96 valence electrons. The van der Waals surface area contributed by atoms with Crippen LogP contribution in [0.1, 0.15) is 57.7 Å². The molecule has 1 saturated carbocycles. The molecule has 0 spiro atoms. The summed E-state index contributed by atoms with van der Waals surface area (Å²) < 4.78 is 5.70. The van der Waals surface area contributed by atoms with Gasteiger partial charge in [-0.1, -0.05) is 20.8 Å². The maximum absolute atomic E-state index is 5.70. The van der Waals surface area contributed by atoms with Crippen molar-refractivity contribution in [1.29, 1.82) is 0 Å². The molecule has 1 aliphatic rings. The maximum Gasteiger partial charge on any atom is 0.219 e. The van der Waals surface area contributed by atoms with Crippen molar-refractivity contribution < 1.29 is 4.42 Å². The van der Waals surface area contributed by atoms with Gasteiger partial charge in [0.1, 0.15) is 0 Å². The second-order valence-electron chi connectivity index (χ2n) is 5.37. The maximum atomic E-state index is 5.70. The third-order valence-corrected chi connectivity index (χ3v) is 3.32. The summed E-state index contributed by atoms with van der Waals surface area (Å²) in [6.45, 7) is 7.51. The Morgan fingerprint density at radius 3 is 2.71 bits per heavy atom. The van der Waals surface area contributed by atoms with E-state index in [-0.39, 0.29) is 0 Å². The first-order valence-corrected chi connectivity index (χ1v) is 6.72. The van der Waals surface area contributed by atoms with Crippen LogP contribution in [0.4, 0.5) is 0 Å². The molecule has 0 radical (unpaired) electrons. The predicted octanol–water partition coefficient (Wildman–Crippen LogP) is 2.51. The largest absolute Gasteiger partial charge is 0.425 e. The highest BCUT2D eigenvalue weighted by Gasteiger charge is 2.32. The van der Waals surface area contributed by atoms with Crippen LogP contribution in [0.25, 0.3) is 0 Å². The SMILES string of the molecule is CC(C)NCCCc1nnc(C(C)C2CC2)o1. The van der Waals surface area contributed by atoms with E-state index < -0.39 is 0 Å². The standard InChI is InChI=1S/C13H23N3O/c1-9(2)14-8-4-5-12-15-16-13(17-12)10(3)11-6-7-11/h9-11,14H,4-8H2,1-3H3. The average molecular weight is 237 g/mol. The van der Waals surface area contributed by atoms with E-state index in [4.69, 9.17) is 4.42 Å². The second kappa shape index (κ2) is 5.63. The van der Waals surface area contributed by atoms with Gasteiger partial charge in [-0.05, 0) is 31.7 Å². The summed E-state index contributed by atoms with van der Waals surface area (Å²) in [5.41, 5.74) is 0. The molecule has 1 unspecified atom stereocenters. The molecule has 1 aromatic rings. The van der Waals surface area contributed by atoms with E-state index in [2.05, 4.69) is 36.3 Å². The molecule has 0 aliphatic heterocycles. The van der Waals surface area contributed by atoms with Gasteiger partial charge in [-0.2, -0.15) is 0 Å². The van der Waals surface area contributed by atoms with Gasteiger partial charge >= 0.3 is 0 Å². The quantitative estimate of drug-likeness (QED) is 0.740. The zero-order valence-corrected chi connectivity index (χ0v) is 11.1. The van der Waals surface area contributed by atoms with Crippen molar-refractivity contribution in [3.8, 4) is 0 Å². The van der Waals surface area contributed by atoms with Crippen LogP contribution in [-0.2, 0) is 6.42 Å². The molecule has 1 fully saturated rings. The topological polar surface area (TPSA) is 51.0 Å². The van der Waals surface area contributed by atoms with E-state index >= 15 is 0 Å². The Kier molecular flexibility index (Phi) is 4.15. The van der Waals surface area contributed by atoms with Crippen LogP contribution < -0.4 is 5.32 Å². The van der Waals surface area contributed by atoms with E-state index in [1.54, 1.807) is 0 Å². The number of hydrogen-bond acceptors (Lipinski definition) is 4. The minimum absolute atomic E-state index is 0.449. The Balaban J connectivity index is 1.74. The third kappa shape index (κ3) is 3.80. The second-order valence-corrected chi connectivity index (χ2v) is 5.37. The molecule has 0 bridgehead atoms. The highest BCUT2D eigenvalue weighted by Crippen LogP contribution is 2.41. The van der Waals surface area contributed by atoms with Gasteiger partial charge in [-0.15, -0.1) is 10.2 Å². The molecular formula is C13H23N3O. The van der Waals surface area contributed by atoms with Gasteiger partial charge in [0.2, 0.25) is 11.8 Å². The molecular weight excluding hydrogens is 214 g/mol. The van der Waals surface area contributed by atoms with Gasteiger partial charge in [-0.25, -0.2) is 0 Å². The van der Waals surface area contributed by atoms with Crippen molar-refractivity contribution in [2.45, 2.75) is 58.4 Å². The van der Waals surface area contributed by atoms with Gasteiger partial charge in [0.05, 0.1) is 0 Å². The molecule has 4 heteroatoms. The Labute approximate surface area is 103 Å². The van der Waals surface area contributed by atoms with Crippen LogP contribution >= 0.6 is 0 Å². The smallest absolute Gasteiger partial charge is 0.219 e. The number of hydrogen-bond donors (Lipinski definition) is 1. The summed E-state index contributed by atoms with van der Waals surface area (Å²) in [6.07, 6.45) is 4.57. The van der Waals surface area contributed by atoms with Crippen molar-refractivity contribution in [3.63, 3.8) is 0 Å². The highest BCUT2D eigenvalue weighted by atomic mass is 16.4. The fourth-order valence-corrected chi connectivity index (χ4v) is 1.98. The lowest BCUT2D eigenvalue weighted by Crippen LogP contribution is -2.23. The van der Waals surface area contributed by atoms with Crippen molar-refractivity contribution in [2.75, 3.05) is 6.54 Å². The fraction of sp³-hybridized carbons (Fsp3) is 0.846. The van der Waals surface area contributed by atoms with E-state index in [1.165, 1.54) is 12.8 Å². The van der Waals surface area contributed by atoms with Crippen LogP contribution in [-0.4, -0.2) is 22.8 Å². The van der Waals surface area contributed by atoms with Crippen molar-refractivity contribution in [1.82, 2.24) is 15.5 Å². The van der Waals surface area contributed by atoms with Crippen LogP contribution in [0.15, 0.2) is 4.42 Å². The van der Waals surface area contributed by atoms with Crippen LogP contribution in [0, 0.1) is 5.92 Å². The first-order valence-electron chi connectivity index (χ1n) is 6.72. The zero-order valence-electron chi connectivity index (χ0n) is 11.1. The van der Waals surface area contributed by atoms with E-state index in [0.29, 0.717) is 12.0 Å². The number of nitrogens with zero attached hydrogens (tertiary/aromatic N) is 2. The fourth-order valence-electron chi connectivity index (χ4n) is 1.98. The normalized spacial score (nSPS) is 17.6. The summed E-state index contributed by atoms with van der Waals surface area (Å²) in [5, 5.41) is 11.7. The Morgan fingerprint density at radius 1 is 1.29 bits per heavy atom. The van der Waals surface area contributed by atoms with Gasteiger partial charge in [0, 0.05) is 18.4 Å². The molecule has 0 amide bonds. The lowest BCUT2D eigenvalue weighted by Gasteiger charge is -2.06. The lowest BCUT2D eigenvalue weighted by atomic mass is 10.1. The molecule has 1 aromatic heterocycles. The van der Waals surface area contributed by atoms with Gasteiger partial charge < -0.3 is 9.73 Å². The van der Waals surface area contributed by atoms with Gasteiger partial charge in [-0.3, -0.25) is 0 Å². The Hall–Kier alpha value is -0.900. The van der Waals surface area contributed by atoms with Gasteiger partial charge in [0.25, 0.3) is 0 Å². The molecule has 0 aromatic carbocycles. The summed E-state index contributed by atoms with van der Waals surface area (Å²) >= 11 is 0. The van der Waals surface area contributed by atoms with E-state index in [0.717, 1.165) is 37.1 Å². The molecule has 4 nitrogen and oxygen atoms in total. The van der Waals surface area contributed by atoms with Crippen molar-refractivity contribution in [2.24, 2.45) is 5.92 Å². The molecule has 1 heterocycles. The monoisotopic (exact) mass is 237 g/mol. The molecule has 17 heavy (non-hydrogen) atoms. The molecule has 1 aliphatic carbocycles.